The molecular formula is C18H32O14. The fourth-order valence-corrected chi connectivity index (χ4v) is 3.97. The fraction of sp³-hybridized carbons (Fsp3) is 1.00. The summed E-state index contributed by atoms with van der Waals surface area (Å²) in [6.07, 6.45) is -18.2. The molecule has 14 nitrogen and oxygen atoms in total. The Kier molecular flexibility index (Phi) is 9.15. The SMILES string of the molecule is OCC1OC(OC2C(O)C(CO)OC(OC3C(O)COC(CO)C3O)C2O)C(O)CC1O. The molecule has 188 valence electrons. The highest BCUT2D eigenvalue weighted by Gasteiger charge is 2.51. The van der Waals surface area contributed by atoms with Crippen molar-refractivity contribution >= 4 is 0 Å². The van der Waals surface area contributed by atoms with Gasteiger partial charge in [-0.1, -0.05) is 0 Å². The summed E-state index contributed by atoms with van der Waals surface area (Å²) < 4.78 is 26.9. The van der Waals surface area contributed by atoms with Gasteiger partial charge in [0.1, 0.15) is 61.0 Å². The second-order valence-electron chi connectivity index (χ2n) is 8.12. The van der Waals surface area contributed by atoms with Crippen LogP contribution in [0.5, 0.6) is 0 Å². The molecule has 0 aliphatic carbocycles. The number of aliphatic hydroxyl groups is 9. The molecule has 0 aromatic rings. The Balaban J connectivity index is 1.73. The number of aliphatic hydroxyl groups excluding tert-OH is 9. The summed E-state index contributed by atoms with van der Waals surface area (Å²) in [5.41, 5.74) is 0. The third kappa shape index (κ3) is 5.39. The Labute approximate surface area is 183 Å². The number of hydrogen-bond donors (Lipinski definition) is 9. The van der Waals surface area contributed by atoms with Gasteiger partial charge in [0.15, 0.2) is 12.6 Å². The van der Waals surface area contributed by atoms with Gasteiger partial charge in [-0.25, -0.2) is 0 Å². The van der Waals surface area contributed by atoms with E-state index in [2.05, 4.69) is 0 Å². The van der Waals surface area contributed by atoms with Crippen molar-refractivity contribution in [2.75, 3.05) is 26.4 Å². The lowest BCUT2D eigenvalue weighted by atomic mass is 9.97. The zero-order chi connectivity index (χ0) is 23.6. The summed E-state index contributed by atoms with van der Waals surface area (Å²) in [6.45, 7) is -2.10. The molecule has 3 fully saturated rings. The Hall–Kier alpha value is -0.560. The van der Waals surface area contributed by atoms with Crippen LogP contribution < -0.4 is 0 Å². The molecule has 32 heavy (non-hydrogen) atoms. The van der Waals surface area contributed by atoms with E-state index in [0.29, 0.717) is 0 Å². The van der Waals surface area contributed by atoms with Gasteiger partial charge in [-0.2, -0.15) is 0 Å². The molecule has 9 N–H and O–H groups in total. The van der Waals surface area contributed by atoms with Crippen molar-refractivity contribution < 1.29 is 69.6 Å². The third-order valence-corrected chi connectivity index (χ3v) is 5.88. The summed E-state index contributed by atoms with van der Waals surface area (Å²) in [6, 6.07) is 0. The van der Waals surface area contributed by atoms with Crippen molar-refractivity contribution in [3.05, 3.63) is 0 Å². The predicted molar refractivity (Wildman–Crippen MR) is 98.7 cm³/mol. The van der Waals surface area contributed by atoms with E-state index in [1.54, 1.807) is 0 Å². The van der Waals surface area contributed by atoms with Crippen LogP contribution >= 0.6 is 0 Å². The molecule has 3 rings (SSSR count). The van der Waals surface area contributed by atoms with Gasteiger partial charge in [0.05, 0.1) is 32.5 Å². The highest BCUT2D eigenvalue weighted by atomic mass is 16.7. The lowest BCUT2D eigenvalue weighted by Crippen LogP contribution is -2.64. The molecule has 0 radical (unpaired) electrons. The average molecular weight is 472 g/mol. The van der Waals surface area contributed by atoms with Crippen LogP contribution in [0.1, 0.15) is 6.42 Å². The molecule has 0 aromatic carbocycles. The fourth-order valence-electron chi connectivity index (χ4n) is 3.97. The zero-order valence-corrected chi connectivity index (χ0v) is 17.1. The Bertz CT molecular complexity index is 582. The van der Waals surface area contributed by atoms with Crippen molar-refractivity contribution in [2.45, 2.75) is 86.1 Å². The van der Waals surface area contributed by atoms with Crippen LogP contribution in [0.2, 0.25) is 0 Å². The molecule has 0 saturated carbocycles. The molecule has 0 spiro atoms. The molecule has 14 heteroatoms. The summed E-state index contributed by atoms with van der Waals surface area (Å²) in [4.78, 5) is 0. The van der Waals surface area contributed by atoms with Crippen molar-refractivity contribution in [3.8, 4) is 0 Å². The summed E-state index contributed by atoms with van der Waals surface area (Å²) in [5.74, 6) is 0. The minimum atomic E-state index is -1.74. The van der Waals surface area contributed by atoms with E-state index in [4.69, 9.17) is 23.7 Å². The van der Waals surface area contributed by atoms with Crippen LogP contribution in [0, 0.1) is 0 Å². The largest absolute Gasteiger partial charge is 0.394 e. The first kappa shape index (κ1) is 26.1. The first-order valence-corrected chi connectivity index (χ1v) is 10.4. The maximum Gasteiger partial charge on any atom is 0.187 e. The molecule has 3 aliphatic rings. The van der Waals surface area contributed by atoms with E-state index < -0.39 is 99.5 Å². The van der Waals surface area contributed by atoms with Crippen LogP contribution in [0.25, 0.3) is 0 Å². The van der Waals surface area contributed by atoms with Gasteiger partial charge in [0.2, 0.25) is 0 Å². The topological polar surface area (TPSA) is 228 Å². The smallest absolute Gasteiger partial charge is 0.187 e. The molecule has 13 atom stereocenters. The number of ether oxygens (including phenoxy) is 5. The van der Waals surface area contributed by atoms with Gasteiger partial charge in [-0.15, -0.1) is 0 Å². The lowest BCUT2D eigenvalue weighted by Gasteiger charge is -2.46. The highest BCUT2D eigenvalue weighted by Crippen LogP contribution is 2.31. The monoisotopic (exact) mass is 472 g/mol. The second kappa shape index (κ2) is 11.2. The van der Waals surface area contributed by atoms with Crippen LogP contribution in [0.15, 0.2) is 0 Å². The summed E-state index contributed by atoms with van der Waals surface area (Å²) in [7, 11) is 0. The number of hydrogen-bond acceptors (Lipinski definition) is 14. The van der Waals surface area contributed by atoms with Crippen molar-refractivity contribution in [2.24, 2.45) is 0 Å². The average Bonchev–Trinajstić information content (AvgIpc) is 2.76. The zero-order valence-electron chi connectivity index (χ0n) is 17.1. The maximum absolute atomic E-state index is 10.7. The maximum atomic E-state index is 10.7. The van der Waals surface area contributed by atoms with Gasteiger partial charge >= 0.3 is 0 Å². The first-order chi connectivity index (χ1) is 15.2. The molecular weight excluding hydrogens is 440 g/mol. The standard InChI is InChI=1S/C18H32O14/c19-2-9-6(22)1-7(23)17(29-9)32-16-13(26)11(4-21)30-18(14(16)27)31-15-8(24)5-28-10(3-20)12(15)25/h6-27H,1-5H2. The van der Waals surface area contributed by atoms with Crippen LogP contribution in [-0.4, -0.2) is 152 Å². The molecule has 0 bridgehead atoms. The van der Waals surface area contributed by atoms with E-state index in [1.807, 2.05) is 0 Å². The first-order valence-electron chi connectivity index (χ1n) is 10.4. The highest BCUT2D eigenvalue weighted by molar-refractivity contribution is 4.94. The molecule has 13 unspecified atom stereocenters. The summed E-state index contributed by atoms with van der Waals surface area (Å²) >= 11 is 0. The normalized spacial score (nSPS) is 50.3. The quantitative estimate of drug-likeness (QED) is 0.168. The van der Waals surface area contributed by atoms with Crippen molar-refractivity contribution in [1.82, 2.24) is 0 Å². The Morgan fingerprint density at radius 2 is 1.16 bits per heavy atom. The van der Waals surface area contributed by atoms with Gasteiger partial charge < -0.3 is 69.6 Å². The molecule has 0 amide bonds. The molecule has 0 aromatic heterocycles. The van der Waals surface area contributed by atoms with E-state index >= 15 is 0 Å². The minimum absolute atomic E-state index is 0.197. The van der Waals surface area contributed by atoms with Crippen molar-refractivity contribution in [1.29, 1.82) is 0 Å². The van der Waals surface area contributed by atoms with Crippen LogP contribution in [-0.2, 0) is 23.7 Å². The van der Waals surface area contributed by atoms with Gasteiger partial charge in [0, 0.05) is 6.42 Å². The van der Waals surface area contributed by atoms with Crippen LogP contribution in [0.4, 0.5) is 0 Å². The van der Waals surface area contributed by atoms with E-state index in [0.717, 1.165) is 0 Å². The molecule has 3 aliphatic heterocycles. The minimum Gasteiger partial charge on any atom is -0.394 e. The van der Waals surface area contributed by atoms with Crippen LogP contribution in [0.3, 0.4) is 0 Å². The number of rotatable bonds is 7. The predicted octanol–water partition coefficient (Wildman–Crippen LogP) is -5.86. The van der Waals surface area contributed by atoms with E-state index in [9.17, 15) is 46.0 Å². The lowest BCUT2D eigenvalue weighted by molar-refractivity contribution is -0.365. The molecule has 3 saturated heterocycles. The second-order valence-corrected chi connectivity index (χ2v) is 8.12. The third-order valence-electron chi connectivity index (χ3n) is 5.88. The van der Waals surface area contributed by atoms with Gasteiger partial charge in [-0.3, -0.25) is 0 Å². The molecule has 3 heterocycles. The Morgan fingerprint density at radius 3 is 1.78 bits per heavy atom. The van der Waals surface area contributed by atoms with E-state index in [1.165, 1.54) is 0 Å². The van der Waals surface area contributed by atoms with Gasteiger partial charge in [-0.05, 0) is 0 Å². The van der Waals surface area contributed by atoms with Gasteiger partial charge in [0.25, 0.3) is 0 Å². The van der Waals surface area contributed by atoms with E-state index in [-0.39, 0.29) is 13.0 Å². The van der Waals surface area contributed by atoms with Crippen molar-refractivity contribution in [3.63, 3.8) is 0 Å². The summed E-state index contributed by atoms with van der Waals surface area (Å²) in [5, 5.41) is 89.8. The Morgan fingerprint density at radius 1 is 0.594 bits per heavy atom.